The molecule has 0 amide bonds. The van der Waals surface area contributed by atoms with Crippen LogP contribution in [-0.2, 0) is 0 Å². The van der Waals surface area contributed by atoms with E-state index < -0.39 is 8.07 Å². The summed E-state index contributed by atoms with van der Waals surface area (Å²) in [5.41, 5.74) is 10.1. The molecule has 6 aromatic carbocycles. The van der Waals surface area contributed by atoms with E-state index in [1.54, 1.807) is 0 Å². The Balaban J connectivity index is 1.30. The van der Waals surface area contributed by atoms with Crippen LogP contribution in [0.15, 0.2) is 158 Å². The van der Waals surface area contributed by atoms with Crippen LogP contribution in [0.3, 0.4) is 0 Å². The second-order valence-corrected chi connectivity index (χ2v) is 17.7. The van der Waals surface area contributed by atoms with Crippen LogP contribution in [0.5, 0.6) is 0 Å². The second kappa shape index (κ2) is 12.5. The van der Waals surface area contributed by atoms with Gasteiger partial charge in [-0.2, -0.15) is 0 Å². The van der Waals surface area contributed by atoms with E-state index >= 15 is 0 Å². The molecule has 7 rings (SSSR count). The molecule has 0 radical (unpaired) electrons. The van der Waals surface area contributed by atoms with Crippen LogP contribution >= 0.6 is 0 Å². The van der Waals surface area contributed by atoms with Gasteiger partial charge in [0.15, 0.2) is 17.5 Å². The molecule has 222 valence electrons. The molecule has 1 aromatic heterocycles. The Kier molecular flexibility index (Phi) is 7.96. The van der Waals surface area contributed by atoms with Crippen molar-refractivity contribution in [1.82, 2.24) is 15.0 Å². The lowest BCUT2D eigenvalue weighted by molar-refractivity contribution is 1.07. The monoisotopic (exact) mass is 609 g/mol. The van der Waals surface area contributed by atoms with Crippen LogP contribution in [0.25, 0.3) is 67.5 Å². The quantitative estimate of drug-likeness (QED) is 0.169. The summed E-state index contributed by atoms with van der Waals surface area (Å²) in [6, 6.07) is 55.4. The largest absolute Gasteiger partial charge is 0.208 e. The van der Waals surface area contributed by atoms with Crippen LogP contribution in [0.1, 0.15) is 0 Å². The predicted molar refractivity (Wildman–Crippen MR) is 195 cm³/mol. The first-order chi connectivity index (χ1) is 22.4. The Hall–Kier alpha value is -5.45. The smallest absolute Gasteiger partial charge is 0.164 e. The van der Waals surface area contributed by atoms with Crippen molar-refractivity contribution in [2.45, 2.75) is 19.6 Å². The van der Waals surface area contributed by atoms with Gasteiger partial charge in [0.1, 0.15) is 0 Å². The molecule has 46 heavy (non-hydrogen) atoms. The SMILES string of the molecule is C[Si](C)(C)c1cc(-c2ccccc2)cc(-c2cccc(-c3cccc(-c4nc(-c5ccccc5)nc(-c5ccccc5)n4)c3)c2)c1. The summed E-state index contributed by atoms with van der Waals surface area (Å²) in [5.74, 6) is 1.97. The first-order valence-corrected chi connectivity index (χ1v) is 19.2. The first kappa shape index (κ1) is 29.3. The van der Waals surface area contributed by atoms with Crippen LogP contribution in [0.4, 0.5) is 0 Å². The van der Waals surface area contributed by atoms with Gasteiger partial charge in [0.2, 0.25) is 0 Å². The van der Waals surface area contributed by atoms with E-state index in [0.29, 0.717) is 17.5 Å². The standard InChI is InChI=1S/C42H35N3Si/c1-46(2,3)39-28-37(30-15-7-4-8-16-30)27-38(29-39)35-23-13-21-33(25-35)34-22-14-24-36(26-34)42-44-40(31-17-9-5-10-18-31)43-41(45-42)32-19-11-6-12-20-32/h4-29H,1-3H3. The molecular weight excluding hydrogens is 575 g/mol. The van der Waals surface area contributed by atoms with Gasteiger partial charge < -0.3 is 0 Å². The van der Waals surface area contributed by atoms with Gasteiger partial charge in [0, 0.05) is 16.7 Å². The van der Waals surface area contributed by atoms with Crippen molar-refractivity contribution in [2.24, 2.45) is 0 Å². The molecule has 0 spiro atoms. The third-order valence-corrected chi connectivity index (χ3v) is 10.3. The third-order valence-electron chi connectivity index (χ3n) is 8.26. The molecule has 7 aromatic rings. The lowest BCUT2D eigenvalue weighted by Gasteiger charge is -2.20. The van der Waals surface area contributed by atoms with Crippen LogP contribution in [0.2, 0.25) is 19.6 Å². The summed E-state index contributed by atoms with van der Waals surface area (Å²) in [7, 11) is -1.56. The summed E-state index contributed by atoms with van der Waals surface area (Å²) in [6.07, 6.45) is 0. The number of hydrogen-bond acceptors (Lipinski definition) is 3. The van der Waals surface area contributed by atoms with Crippen molar-refractivity contribution < 1.29 is 0 Å². The number of aromatic nitrogens is 3. The Labute approximate surface area is 272 Å². The van der Waals surface area contributed by atoms with Gasteiger partial charge in [0.25, 0.3) is 0 Å². The van der Waals surface area contributed by atoms with Crippen molar-refractivity contribution in [2.75, 3.05) is 0 Å². The average Bonchev–Trinajstić information content (AvgIpc) is 3.12. The molecule has 0 saturated carbocycles. The Morgan fingerprint density at radius 3 is 1.11 bits per heavy atom. The zero-order valence-electron chi connectivity index (χ0n) is 26.4. The molecule has 0 unspecified atom stereocenters. The van der Waals surface area contributed by atoms with E-state index in [-0.39, 0.29) is 0 Å². The molecule has 0 atom stereocenters. The van der Waals surface area contributed by atoms with Gasteiger partial charge in [-0.25, -0.2) is 15.0 Å². The number of rotatable bonds is 7. The van der Waals surface area contributed by atoms with Crippen molar-refractivity contribution in [3.63, 3.8) is 0 Å². The van der Waals surface area contributed by atoms with Gasteiger partial charge in [0.05, 0.1) is 8.07 Å². The molecule has 0 aliphatic rings. The summed E-state index contributed by atoms with van der Waals surface area (Å²) in [6.45, 7) is 7.24. The molecular formula is C42H35N3Si. The summed E-state index contributed by atoms with van der Waals surface area (Å²) in [5, 5.41) is 1.45. The Morgan fingerprint density at radius 1 is 0.304 bits per heavy atom. The predicted octanol–water partition coefficient (Wildman–Crippen LogP) is 10.4. The lowest BCUT2D eigenvalue weighted by atomic mass is 9.95. The van der Waals surface area contributed by atoms with E-state index in [1.165, 1.54) is 27.4 Å². The third kappa shape index (κ3) is 6.34. The zero-order chi connectivity index (χ0) is 31.5. The minimum atomic E-state index is -1.56. The average molecular weight is 610 g/mol. The fraction of sp³-hybridized carbons (Fsp3) is 0.0714. The zero-order valence-corrected chi connectivity index (χ0v) is 27.4. The van der Waals surface area contributed by atoms with E-state index in [9.17, 15) is 0 Å². The number of nitrogens with zero attached hydrogens (tertiary/aromatic N) is 3. The number of benzene rings is 6. The maximum absolute atomic E-state index is 4.95. The van der Waals surface area contributed by atoms with Crippen molar-refractivity contribution in [1.29, 1.82) is 0 Å². The fourth-order valence-corrected chi connectivity index (χ4v) is 6.86. The second-order valence-electron chi connectivity index (χ2n) is 12.6. The van der Waals surface area contributed by atoms with Crippen molar-refractivity contribution >= 4 is 13.3 Å². The van der Waals surface area contributed by atoms with Gasteiger partial charge in [-0.05, 0) is 51.6 Å². The molecule has 0 N–H and O–H groups in total. The van der Waals surface area contributed by atoms with Crippen LogP contribution in [0, 0.1) is 0 Å². The van der Waals surface area contributed by atoms with Crippen LogP contribution in [-0.4, -0.2) is 23.0 Å². The maximum Gasteiger partial charge on any atom is 0.164 e. The van der Waals surface area contributed by atoms with Crippen molar-refractivity contribution in [3.8, 4) is 67.5 Å². The van der Waals surface area contributed by atoms with E-state index in [4.69, 9.17) is 15.0 Å². The summed E-state index contributed by atoms with van der Waals surface area (Å²) in [4.78, 5) is 14.8. The lowest BCUT2D eigenvalue weighted by Crippen LogP contribution is -2.37. The molecule has 0 aliphatic carbocycles. The van der Waals surface area contributed by atoms with E-state index in [2.05, 4.69) is 117 Å². The molecule has 4 heteroatoms. The normalized spacial score (nSPS) is 11.4. The topological polar surface area (TPSA) is 38.7 Å². The van der Waals surface area contributed by atoms with Gasteiger partial charge >= 0.3 is 0 Å². The molecule has 0 fully saturated rings. The number of hydrogen-bond donors (Lipinski definition) is 0. The van der Waals surface area contributed by atoms with E-state index in [1.807, 2.05) is 60.7 Å². The minimum Gasteiger partial charge on any atom is -0.208 e. The highest BCUT2D eigenvalue weighted by Crippen LogP contribution is 2.32. The molecule has 0 aliphatic heterocycles. The highest BCUT2D eigenvalue weighted by atomic mass is 28.3. The highest BCUT2D eigenvalue weighted by molar-refractivity contribution is 6.88. The highest BCUT2D eigenvalue weighted by Gasteiger charge is 2.19. The fourth-order valence-electron chi connectivity index (χ4n) is 5.68. The molecule has 1 heterocycles. The van der Waals surface area contributed by atoms with Crippen molar-refractivity contribution in [3.05, 3.63) is 158 Å². The maximum atomic E-state index is 4.95. The molecule has 0 saturated heterocycles. The Morgan fingerprint density at radius 2 is 0.630 bits per heavy atom. The molecule has 0 bridgehead atoms. The van der Waals surface area contributed by atoms with Gasteiger partial charge in [-0.3, -0.25) is 0 Å². The van der Waals surface area contributed by atoms with E-state index in [0.717, 1.165) is 27.8 Å². The summed E-state index contributed by atoms with van der Waals surface area (Å²) >= 11 is 0. The minimum absolute atomic E-state index is 0.654. The van der Waals surface area contributed by atoms with Crippen LogP contribution < -0.4 is 5.19 Å². The molecule has 3 nitrogen and oxygen atoms in total. The van der Waals surface area contributed by atoms with Gasteiger partial charge in [-0.1, -0.05) is 164 Å². The Bertz CT molecular complexity index is 2060. The first-order valence-electron chi connectivity index (χ1n) is 15.7. The van der Waals surface area contributed by atoms with Gasteiger partial charge in [-0.15, -0.1) is 0 Å². The summed E-state index contributed by atoms with van der Waals surface area (Å²) < 4.78 is 0.